The highest BCUT2D eigenvalue weighted by Gasteiger charge is 2.11. The Morgan fingerprint density at radius 3 is 1.71 bits per heavy atom. The van der Waals surface area contributed by atoms with Gasteiger partial charge >= 0.3 is 0 Å². The fourth-order valence-corrected chi connectivity index (χ4v) is 0.478. The molecule has 0 unspecified atom stereocenters. The maximum atomic E-state index is 6.82. The lowest BCUT2D eigenvalue weighted by atomic mass is 10.4. The molecule has 1 rings (SSSR count). The lowest BCUT2D eigenvalue weighted by Gasteiger charge is -1.86. The SMILES string of the molecule is N=C1CCC(=N)O1. The number of rotatable bonds is 0. The van der Waals surface area contributed by atoms with Crippen molar-refractivity contribution in [3.05, 3.63) is 0 Å². The molecule has 0 spiro atoms. The van der Waals surface area contributed by atoms with E-state index in [-0.39, 0.29) is 11.8 Å². The second kappa shape index (κ2) is 1.33. The Labute approximate surface area is 41.3 Å². The first-order valence-corrected chi connectivity index (χ1v) is 2.12. The van der Waals surface area contributed by atoms with Crippen molar-refractivity contribution in [3.63, 3.8) is 0 Å². The van der Waals surface area contributed by atoms with Crippen LogP contribution in [-0.4, -0.2) is 11.8 Å². The van der Waals surface area contributed by atoms with Gasteiger partial charge in [-0.25, -0.2) is 0 Å². The fraction of sp³-hybridized carbons (Fsp3) is 0.500. The maximum Gasteiger partial charge on any atom is 0.189 e. The van der Waals surface area contributed by atoms with E-state index >= 15 is 0 Å². The van der Waals surface area contributed by atoms with Gasteiger partial charge in [-0.2, -0.15) is 0 Å². The lowest BCUT2D eigenvalue weighted by molar-refractivity contribution is 0.547. The van der Waals surface area contributed by atoms with Gasteiger partial charge in [-0.3, -0.25) is 10.8 Å². The average molecular weight is 98.1 g/mol. The molecule has 1 fully saturated rings. The van der Waals surface area contributed by atoms with Crippen LogP contribution in [0.1, 0.15) is 12.8 Å². The minimum absolute atomic E-state index is 0.227. The van der Waals surface area contributed by atoms with Gasteiger partial charge in [0.25, 0.3) is 0 Å². The van der Waals surface area contributed by atoms with Crippen molar-refractivity contribution >= 4 is 11.8 Å². The number of ether oxygens (including phenoxy) is 1. The second-order valence-corrected chi connectivity index (χ2v) is 1.45. The third-order valence-electron chi connectivity index (χ3n) is 0.826. The van der Waals surface area contributed by atoms with E-state index in [1.807, 2.05) is 0 Å². The van der Waals surface area contributed by atoms with Gasteiger partial charge in [-0.05, 0) is 0 Å². The molecular formula is C4H6N2O. The Balaban J connectivity index is 2.55. The molecule has 1 heterocycles. The van der Waals surface area contributed by atoms with E-state index in [1.54, 1.807) is 0 Å². The van der Waals surface area contributed by atoms with E-state index in [1.165, 1.54) is 0 Å². The minimum atomic E-state index is 0.227. The van der Waals surface area contributed by atoms with Crippen LogP contribution in [0.15, 0.2) is 0 Å². The molecule has 38 valence electrons. The monoisotopic (exact) mass is 98.0 g/mol. The summed E-state index contributed by atoms with van der Waals surface area (Å²) in [4.78, 5) is 0. The molecule has 0 amide bonds. The molecule has 0 aromatic rings. The zero-order valence-corrected chi connectivity index (χ0v) is 3.82. The van der Waals surface area contributed by atoms with Crippen LogP contribution in [0.4, 0.5) is 0 Å². The first-order valence-electron chi connectivity index (χ1n) is 2.12. The third kappa shape index (κ3) is 0.765. The standard InChI is InChI=1S/C4H6N2O/c5-3-1-2-4(6)7-3/h5-6H,1-2H2. The van der Waals surface area contributed by atoms with Crippen LogP contribution in [-0.2, 0) is 4.74 Å². The quantitative estimate of drug-likeness (QED) is 0.461. The van der Waals surface area contributed by atoms with Gasteiger partial charge in [0.2, 0.25) is 0 Å². The summed E-state index contributed by atoms with van der Waals surface area (Å²) in [5, 5.41) is 13.6. The number of hydrogen-bond donors (Lipinski definition) is 2. The summed E-state index contributed by atoms with van der Waals surface area (Å²) in [5.41, 5.74) is 0. The molecular weight excluding hydrogens is 92.1 g/mol. The Bertz CT molecular complexity index is 105. The molecule has 2 N–H and O–H groups in total. The van der Waals surface area contributed by atoms with Gasteiger partial charge in [0.1, 0.15) is 0 Å². The van der Waals surface area contributed by atoms with E-state index in [0.717, 1.165) is 0 Å². The number of hydrogen-bond acceptors (Lipinski definition) is 3. The van der Waals surface area contributed by atoms with Crippen molar-refractivity contribution in [2.75, 3.05) is 0 Å². The smallest absolute Gasteiger partial charge is 0.189 e. The van der Waals surface area contributed by atoms with Crippen molar-refractivity contribution in [1.29, 1.82) is 10.8 Å². The maximum absolute atomic E-state index is 6.82. The minimum Gasteiger partial charge on any atom is -0.430 e. The van der Waals surface area contributed by atoms with Crippen LogP contribution in [0.3, 0.4) is 0 Å². The van der Waals surface area contributed by atoms with Gasteiger partial charge in [0.15, 0.2) is 11.8 Å². The Morgan fingerprint density at radius 1 is 1.14 bits per heavy atom. The molecule has 0 radical (unpaired) electrons. The van der Waals surface area contributed by atoms with Crippen LogP contribution in [0.25, 0.3) is 0 Å². The van der Waals surface area contributed by atoms with Crippen molar-refractivity contribution < 1.29 is 4.74 Å². The Hall–Kier alpha value is -0.860. The molecule has 7 heavy (non-hydrogen) atoms. The topological polar surface area (TPSA) is 56.9 Å². The van der Waals surface area contributed by atoms with Crippen molar-refractivity contribution in [1.82, 2.24) is 0 Å². The summed E-state index contributed by atoms with van der Waals surface area (Å²) in [6, 6.07) is 0. The number of nitrogens with one attached hydrogen (secondary N) is 2. The molecule has 3 nitrogen and oxygen atoms in total. The summed E-state index contributed by atoms with van der Waals surface area (Å²) >= 11 is 0. The predicted molar refractivity (Wildman–Crippen MR) is 25.8 cm³/mol. The molecule has 0 saturated carbocycles. The predicted octanol–water partition coefficient (Wildman–Crippen LogP) is 0.751. The molecule has 0 aliphatic carbocycles. The first kappa shape index (κ1) is 4.30. The van der Waals surface area contributed by atoms with Gasteiger partial charge in [0, 0.05) is 12.8 Å². The van der Waals surface area contributed by atoms with Gasteiger partial charge in [-0.1, -0.05) is 0 Å². The van der Waals surface area contributed by atoms with Crippen molar-refractivity contribution in [3.8, 4) is 0 Å². The van der Waals surface area contributed by atoms with E-state index < -0.39 is 0 Å². The highest BCUT2D eigenvalue weighted by atomic mass is 16.5. The molecule has 3 heteroatoms. The highest BCUT2D eigenvalue weighted by Crippen LogP contribution is 2.04. The van der Waals surface area contributed by atoms with Gasteiger partial charge < -0.3 is 4.74 Å². The molecule has 0 bridgehead atoms. The van der Waals surface area contributed by atoms with Gasteiger partial charge in [0.05, 0.1) is 0 Å². The summed E-state index contributed by atoms with van der Waals surface area (Å²) in [6.45, 7) is 0. The summed E-state index contributed by atoms with van der Waals surface area (Å²) in [5.74, 6) is 0.454. The van der Waals surface area contributed by atoms with Crippen LogP contribution in [0.5, 0.6) is 0 Å². The third-order valence-corrected chi connectivity index (χ3v) is 0.826. The summed E-state index contributed by atoms with van der Waals surface area (Å²) in [7, 11) is 0. The molecule has 0 atom stereocenters. The lowest BCUT2D eigenvalue weighted by Crippen LogP contribution is -1.93. The molecule has 1 saturated heterocycles. The zero-order valence-electron chi connectivity index (χ0n) is 3.82. The van der Waals surface area contributed by atoms with Crippen LogP contribution in [0.2, 0.25) is 0 Å². The second-order valence-electron chi connectivity index (χ2n) is 1.45. The van der Waals surface area contributed by atoms with Crippen molar-refractivity contribution in [2.24, 2.45) is 0 Å². The van der Waals surface area contributed by atoms with Gasteiger partial charge in [-0.15, -0.1) is 0 Å². The molecule has 0 aromatic heterocycles. The summed E-state index contributed by atoms with van der Waals surface area (Å²) < 4.78 is 4.53. The average Bonchev–Trinajstić information content (AvgIpc) is 1.87. The Morgan fingerprint density at radius 2 is 1.57 bits per heavy atom. The van der Waals surface area contributed by atoms with E-state index in [9.17, 15) is 0 Å². The van der Waals surface area contributed by atoms with E-state index in [2.05, 4.69) is 4.74 Å². The zero-order chi connectivity index (χ0) is 5.28. The van der Waals surface area contributed by atoms with E-state index in [0.29, 0.717) is 12.8 Å². The molecule has 1 aliphatic rings. The Kier molecular flexibility index (Phi) is 0.817. The van der Waals surface area contributed by atoms with Crippen LogP contribution < -0.4 is 0 Å². The fourth-order valence-electron chi connectivity index (χ4n) is 0.478. The van der Waals surface area contributed by atoms with Crippen LogP contribution >= 0.6 is 0 Å². The largest absolute Gasteiger partial charge is 0.430 e. The molecule has 1 aliphatic heterocycles. The summed E-state index contributed by atoms with van der Waals surface area (Å²) in [6.07, 6.45) is 1.22. The first-order chi connectivity index (χ1) is 3.29. The van der Waals surface area contributed by atoms with E-state index in [4.69, 9.17) is 10.8 Å². The normalized spacial score (nSPS) is 20.0. The van der Waals surface area contributed by atoms with Crippen molar-refractivity contribution in [2.45, 2.75) is 12.8 Å². The highest BCUT2D eigenvalue weighted by molar-refractivity contribution is 5.95. The van der Waals surface area contributed by atoms with Crippen LogP contribution in [0, 0.1) is 10.8 Å². The molecule has 0 aromatic carbocycles.